The van der Waals surface area contributed by atoms with Gasteiger partial charge in [-0.2, -0.15) is 0 Å². The fourth-order valence-corrected chi connectivity index (χ4v) is 2.48. The molecule has 0 unspecified atom stereocenters. The van der Waals surface area contributed by atoms with E-state index in [9.17, 15) is 0 Å². The number of rotatable bonds is 1. The minimum atomic E-state index is 0.457. The molecule has 19 heavy (non-hydrogen) atoms. The minimum Gasteiger partial charge on any atom is -0.339 e. The molecule has 0 bridgehead atoms. The Morgan fingerprint density at radius 1 is 1.21 bits per heavy atom. The van der Waals surface area contributed by atoms with Crippen molar-refractivity contribution in [2.45, 2.75) is 19.8 Å². The quantitative estimate of drug-likeness (QED) is 0.562. The van der Waals surface area contributed by atoms with Crippen molar-refractivity contribution in [3.05, 3.63) is 42.2 Å². The summed E-state index contributed by atoms with van der Waals surface area (Å²) < 4.78 is 2.05. The highest BCUT2D eigenvalue weighted by Gasteiger charge is 2.12. The van der Waals surface area contributed by atoms with Crippen molar-refractivity contribution in [2.75, 3.05) is 0 Å². The molecule has 0 aliphatic heterocycles. The third kappa shape index (κ3) is 1.40. The monoisotopic (exact) mass is 250 g/mol. The standard InChI is InChI=1S/C15H14N4/c1-9(2)10-7-16-15-18-13-11-5-3-4-6-12(11)17-14(13)19(15)8-10/h3-9,17H,1-2H3. The summed E-state index contributed by atoms with van der Waals surface area (Å²) in [4.78, 5) is 12.5. The van der Waals surface area contributed by atoms with Crippen molar-refractivity contribution in [1.29, 1.82) is 0 Å². The number of para-hydroxylation sites is 1. The highest BCUT2D eigenvalue weighted by molar-refractivity contribution is 6.04. The van der Waals surface area contributed by atoms with Crippen LogP contribution in [0.3, 0.4) is 0 Å². The molecule has 0 fully saturated rings. The van der Waals surface area contributed by atoms with E-state index in [2.05, 4.69) is 47.1 Å². The zero-order chi connectivity index (χ0) is 13.0. The maximum atomic E-state index is 4.62. The van der Waals surface area contributed by atoms with Crippen molar-refractivity contribution in [1.82, 2.24) is 19.4 Å². The van der Waals surface area contributed by atoms with E-state index in [0.29, 0.717) is 5.92 Å². The van der Waals surface area contributed by atoms with Crippen LogP contribution in [-0.2, 0) is 0 Å². The molecular weight excluding hydrogens is 236 g/mol. The molecule has 0 saturated carbocycles. The van der Waals surface area contributed by atoms with Crippen molar-refractivity contribution in [2.24, 2.45) is 0 Å². The van der Waals surface area contributed by atoms with E-state index in [1.54, 1.807) is 0 Å². The lowest BCUT2D eigenvalue weighted by Gasteiger charge is -2.04. The zero-order valence-corrected chi connectivity index (χ0v) is 10.9. The van der Waals surface area contributed by atoms with E-state index in [-0.39, 0.29) is 0 Å². The molecule has 4 rings (SSSR count). The Labute approximate surface area is 110 Å². The molecule has 4 heteroatoms. The van der Waals surface area contributed by atoms with E-state index < -0.39 is 0 Å². The molecule has 0 saturated heterocycles. The first-order valence-corrected chi connectivity index (χ1v) is 6.48. The predicted octanol–water partition coefficient (Wildman–Crippen LogP) is 3.49. The average Bonchev–Trinajstić information content (AvgIpc) is 2.94. The summed E-state index contributed by atoms with van der Waals surface area (Å²) in [7, 11) is 0. The van der Waals surface area contributed by atoms with Gasteiger partial charge >= 0.3 is 0 Å². The van der Waals surface area contributed by atoms with Gasteiger partial charge in [0.15, 0.2) is 0 Å². The number of hydrogen-bond acceptors (Lipinski definition) is 2. The summed E-state index contributed by atoms with van der Waals surface area (Å²) in [5, 5.41) is 1.15. The normalized spacial score (nSPS) is 12.2. The molecular formula is C15H14N4. The van der Waals surface area contributed by atoms with Crippen LogP contribution < -0.4 is 0 Å². The number of aromatic nitrogens is 4. The Morgan fingerprint density at radius 3 is 2.89 bits per heavy atom. The first-order chi connectivity index (χ1) is 9.24. The third-order valence-corrected chi connectivity index (χ3v) is 3.60. The van der Waals surface area contributed by atoms with Gasteiger partial charge < -0.3 is 4.98 Å². The van der Waals surface area contributed by atoms with Gasteiger partial charge in [-0.1, -0.05) is 32.0 Å². The number of nitrogens with one attached hydrogen (secondary N) is 1. The number of fused-ring (bicyclic) bond motifs is 5. The van der Waals surface area contributed by atoms with Crippen molar-refractivity contribution < 1.29 is 0 Å². The summed E-state index contributed by atoms with van der Waals surface area (Å²) in [5.74, 6) is 1.20. The number of H-pyrrole nitrogens is 1. The fraction of sp³-hybridized carbons (Fsp3) is 0.200. The first kappa shape index (κ1) is 10.6. The van der Waals surface area contributed by atoms with Gasteiger partial charge in [0.2, 0.25) is 5.78 Å². The molecule has 94 valence electrons. The van der Waals surface area contributed by atoms with Gasteiger partial charge in [-0.3, -0.25) is 4.40 Å². The summed E-state index contributed by atoms with van der Waals surface area (Å²) in [6, 6.07) is 8.22. The molecule has 1 aromatic carbocycles. The van der Waals surface area contributed by atoms with Gasteiger partial charge in [-0.15, -0.1) is 0 Å². The van der Waals surface area contributed by atoms with Crippen molar-refractivity contribution in [3.63, 3.8) is 0 Å². The first-order valence-electron chi connectivity index (χ1n) is 6.48. The number of imidazole rings is 1. The lowest BCUT2D eigenvalue weighted by atomic mass is 10.1. The van der Waals surface area contributed by atoms with Crippen LogP contribution in [0.25, 0.3) is 27.8 Å². The van der Waals surface area contributed by atoms with Crippen LogP contribution in [0.1, 0.15) is 25.3 Å². The molecule has 0 aliphatic rings. The fourth-order valence-electron chi connectivity index (χ4n) is 2.48. The molecule has 3 aromatic heterocycles. The Hall–Kier alpha value is -2.36. The van der Waals surface area contributed by atoms with Gasteiger partial charge in [0.1, 0.15) is 11.2 Å². The molecule has 0 radical (unpaired) electrons. The largest absolute Gasteiger partial charge is 0.339 e. The number of benzene rings is 1. The van der Waals surface area contributed by atoms with Gasteiger partial charge in [0, 0.05) is 23.3 Å². The second-order valence-electron chi connectivity index (χ2n) is 5.19. The second kappa shape index (κ2) is 3.57. The molecule has 0 amide bonds. The van der Waals surface area contributed by atoms with E-state index in [4.69, 9.17) is 0 Å². The van der Waals surface area contributed by atoms with E-state index >= 15 is 0 Å². The average molecular weight is 250 g/mol. The van der Waals surface area contributed by atoms with Crippen LogP contribution >= 0.6 is 0 Å². The van der Waals surface area contributed by atoms with E-state index in [0.717, 1.165) is 27.8 Å². The van der Waals surface area contributed by atoms with Crippen molar-refractivity contribution >= 4 is 27.8 Å². The highest BCUT2D eigenvalue weighted by atomic mass is 15.1. The lowest BCUT2D eigenvalue weighted by molar-refractivity contribution is 0.843. The number of aromatic amines is 1. The van der Waals surface area contributed by atoms with Crippen LogP contribution in [0.15, 0.2) is 36.7 Å². The molecule has 4 aromatic rings. The van der Waals surface area contributed by atoms with Gasteiger partial charge in [-0.05, 0) is 17.5 Å². The minimum absolute atomic E-state index is 0.457. The summed E-state index contributed by atoms with van der Waals surface area (Å²) in [5.41, 5.74) is 4.34. The van der Waals surface area contributed by atoms with Crippen LogP contribution in [0.5, 0.6) is 0 Å². The Bertz CT molecular complexity index is 898. The van der Waals surface area contributed by atoms with E-state index in [1.165, 1.54) is 5.56 Å². The highest BCUT2D eigenvalue weighted by Crippen LogP contribution is 2.25. The number of nitrogens with zero attached hydrogens (tertiary/aromatic N) is 3. The van der Waals surface area contributed by atoms with E-state index in [1.807, 2.05) is 22.7 Å². The topological polar surface area (TPSA) is 46.0 Å². The Morgan fingerprint density at radius 2 is 2.05 bits per heavy atom. The second-order valence-corrected chi connectivity index (χ2v) is 5.19. The van der Waals surface area contributed by atoms with Gasteiger partial charge in [-0.25, -0.2) is 9.97 Å². The third-order valence-electron chi connectivity index (χ3n) is 3.60. The lowest BCUT2D eigenvalue weighted by Crippen LogP contribution is -1.95. The van der Waals surface area contributed by atoms with Gasteiger partial charge in [0.05, 0.1) is 0 Å². The molecule has 0 spiro atoms. The molecule has 0 atom stereocenters. The summed E-state index contributed by atoms with van der Waals surface area (Å²) in [6.07, 6.45) is 4.03. The van der Waals surface area contributed by atoms with Crippen LogP contribution in [0.4, 0.5) is 0 Å². The smallest absolute Gasteiger partial charge is 0.236 e. The molecule has 0 aliphatic carbocycles. The predicted molar refractivity (Wildman–Crippen MR) is 76.4 cm³/mol. The maximum absolute atomic E-state index is 4.62. The van der Waals surface area contributed by atoms with Gasteiger partial charge in [0.25, 0.3) is 0 Å². The molecule has 1 N–H and O–H groups in total. The number of hydrogen-bond donors (Lipinski definition) is 1. The maximum Gasteiger partial charge on any atom is 0.236 e. The Kier molecular flexibility index (Phi) is 1.98. The van der Waals surface area contributed by atoms with Crippen LogP contribution in [0.2, 0.25) is 0 Å². The zero-order valence-electron chi connectivity index (χ0n) is 10.9. The Balaban J connectivity index is 2.16. The SMILES string of the molecule is CC(C)c1cnc2nc3c4ccccc4[nH]c3n2c1. The van der Waals surface area contributed by atoms with Crippen LogP contribution in [-0.4, -0.2) is 19.4 Å². The van der Waals surface area contributed by atoms with Crippen molar-refractivity contribution in [3.8, 4) is 0 Å². The summed E-state index contributed by atoms with van der Waals surface area (Å²) >= 11 is 0. The molecule has 3 heterocycles. The summed E-state index contributed by atoms with van der Waals surface area (Å²) in [6.45, 7) is 4.34. The molecule has 4 nitrogen and oxygen atoms in total. The van der Waals surface area contributed by atoms with Crippen LogP contribution in [0, 0.1) is 0 Å².